The molecule has 3 nitrogen and oxygen atoms in total. The lowest BCUT2D eigenvalue weighted by Crippen LogP contribution is -2.25. The Kier molecular flexibility index (Phi) is 9.69. The summed E-state index contributed by atoms with van der Waals surface area (Å²) in [7, 11) is 2.04. The summed E-state index contributed by atoms with van der Waals surface area (Å²) in [4.78, 5) is 4.70. The molecule has 0 fully saturated rings. The molecule has 1 unspecified atom stereocenters. The highest BCUT2D eigenvalue weighted by atomic mass is 28.3. The molecule has 0 saturated carbocycles. The molecule has 0 aliphatic heterocycles. The molecule has 0 aromatic heterocycles. The summed E-state index contributed by atoms with van der Waals surface area (Å²) in [5.41, 5.74) is 1.87. The second-order valence-corrected chi connectivity index (χ2v) is 7.82. The van der Waals surface area contributed by atoms with E-state index in [1.165, 1.54) is 5.71 Å². The maximum Gasteiger partial charge on any atom is 0.323 e. The van der Waals surface area contributed by atoms with Gasteiger partial charge in [0.25, 0.3) is 0 Å². The summed E-state index contributed by atoms with van der Waals surface area (Å²) in [6.45, 7) is 9.78. The van der Waals surface area contributed by atoms with Gasteiger partial charge < -0.3 is 8.85 Å². The molecule has 0 aliphatic rings. The Hall–Kier alpha value is -0.193. The molecule has 4 heteroatoms. The maximum atomic E-state index is 5.38. The quantitative estimate of drug-likeness (QED) is 0.470. The second-order valence-electron chi connectivity index (χ2n) is 5.01. The van der Waals surface area contributed by atoms with Gasteiger partial charge in [0.1, 0.15) is 0 Å². The Morgan fingerprint density at radius 3 is 2.18 bits per heavy atom. The SMILES string of the molecule is CCC(CC(C)C)=NCCC(C)[SiH](OC)OC. The van der Waals surface area contributed by atoms with Gasteiger partial charge in [0.15, 0.2) is 0 Å². The van der Waals surface area contributed by atoms with Gasteiger partial charge in [-0.25, -0.2) is 0 Å². The van der Waals surface area contributed by atoms with E-state index in [-0.39, 0.29) is 0 Å². The van der Waals surface area contributed by atoms with E-state index in [0.29, 0.717) is 11.5 Å². The Bertz CT molecular complexity index is 215. The van der Waals surface area contributed by atoms with Crippen molar-refractivity contribution in [1.29, 1.82) is 0 Å². The van der Waals surface area contributed by atoms with Crippen LogP contribution in [0.15, 0.2) is 4.99 Å². The second kappa shape index (κ2) is 9.80. The Morgan fingerprint density at radius 1 is 1.18 bits per heavy atom. The largest absolute Gasteiger partial charge is 0.400 e. The highest BCUT2D eigenvalue weighted by Gasteiger charge is 2.18. The smallest absolute Gasteiger partial charge is 0.323 e. The van der Waals surface area contributed by atoms with Crippen molar-refractivity contribution in [2.24, 2.45) is 10.9 Å². The third-order valence-corrected chi connectivity index (χ3v) is 5.09. The average molecular weight is 259 g/mol. The van der Waals surface area contributed by atoms with E-state index in [4.69, 9.17) is 13.8 Å². The van der Waals surface area contributed by atoms with Crippen LogP contribution in [0.4, 0.5) is 0 Å². The standard InChI is InChI=1S/C13H29NO2Si/c1-7-13(10-11(2)3)14-9-8-12(4)17(15-5)16-6/h11-12,17H,7-10H2,1-6H3. The van der Waals surface area contributed by atoms with Gasteiger partial charge in [0.05, 0.1) is 0 Å². The molecule has 0 aliphatic carbocycles. The first-order valence-corrected chi connectivity index (χ1v) is 8.23. The van der Waals surface area contributed by atoms with Crippen molar-refractivity contribution >= 4 is 15.0 Å². The molecule has 0 aromatic rings. The van der Waals surface area contributed by atoms with Crippen molar-refractivity contribution in [2.75, 3.05) is 20.8 Å². The summed E-state index contributed by atoms with van der Waals surface area (Å²) in [5, 5.41) is 0. The molecule has 0 aromatic carbocycles. The fourth-order valence-electron chi connectivity index (χ4n) is 1.92. The zero-order chi connectivity index (χ0) is 13.3. The van der Waals surface area contributed by atoms with Crippen molar-refractivity contribution in [3.05, 3.63) is 0 Å². The molecule has 0 bridgehead atoms. The van der Waals surface area contributed by atoms with E-state index in [9.17, 15) is 0 Å². The summed E-state index contributed by atoms with van der Waals surface area (Å²) in [5.74, 6) is 0.700. The van der Waals surface area contributed by atoms with E-state index in [2.05, 4.69) is 27.7 Å². The Labute approximate surface area is 108 Å². The van der Waals surface area contributed by atoms with Crippen LogP contribution in [0.1, 0.15) is 47.0 Å². The Morgan fingerprint density at radius 2 is 1.76 bits per heavy atom. The van der Waals surface area contributed by atoms with Crippen molar-refractivity contribution in [1.82, 2.24) is 0 Å². The predicted molar refractivity (Wildman–Crippen MR) is 77.3 cm³/mol. The monoisotopic (exact) mass is 259 g/mol. The van der Waals surface area contributed by atoms with Crippen LogP contribution >= 0.6 is 0 Å². The van der Waals surface area contributed by atoms with Crippen LogP contribution in [-0.4, -0.2) is 35.8 Å². The summed E-state index contributed by atoms with van der Waals surface area (Å²) < 4.78 is 10.8. The predicted octanol–water partition coefficient (Wildman–Crippen LogP) is 3.18. The maximum absolute atomic E-state index is 5.38. The molecule has 0 heterocycles. The van der Waals surface area contributed by atoms with E-state index in [0.717, 1.165) is 25.8 Å². The fraction of sp³-hybridized carbons (Fsp3) is 0.923. The van der Waals surface area contributed by atoms with Crippen LogP contribution in [0, 0.1) is 5.92 Å². The lowest BCUT2D eigenvalue weighted by atomic mass is 10.1. The number of aliphatic imine (C=N–C) groups is 1. The van der Waals surface area contributed by atoms with Crippen molar-refractivity contribution < 1.29 is 8.85 Å². The zero-order valence-corrected chi connectivity index (χ0v) is 13.5. The van der Waals surface area contributed by atoms with Crippen molar-refractivity contribution in [3.8, 4) is 0 Å². The van der Waals surface area contributed by atoms with Gasteiger partial charge in [0.2, 0.25) is 0 Å². The Balaban J connectivity index is 4.04. The van der Waals surface area contributed by atoms with E-state index in [1.54, 1.807) is 14.2 Å². The molecule has 0 radical (unpaired) electrons. The van der Waals surface area contributed by atoms with Gasteiger partial charge in [-0.1, -0.05) is 27.7 Å². The normalized spacial score (nSPS) is 14.7. The molecule has 0 amide bonds. The molecule has 102 valence electrons. The topological polar surface area (TPSA) is 30.8 Å². The molecule has 17 heavy (non-hydrogen) atoms. The van der Waals surface area contributed by atoms with Crippen LogP contribution in [0.25, 0.3) is 0 Å². The molecular weight excluding hydrogens is 230 g/mol. The third-order valence-electron chi connectivity index (χ3n) is 2.90. The summed E-state index contributed by atoms with van der Waals surface area (Å²) >= 11 is 0. The molecular formula is C13H29NO2Si. The van der Waals surface area contributed by atoms with Crippen LogP contribution < -0.4 is 0 Å². The minimum atomic E-state index is -1.46. The van der Waals surface area contributed by atoms with Gasteiger partial charge in [-0.15, -0.1) is 0 Å². The first kappa shape index (κ1) is 16.8. The average Bonchev–Trinajstić information content (AvgIpc) is 2.28. The summed E-state index contributed by atoms with van der Waals surface area (Å²) in [6, 6.07) is 0. The van der Waals surface area contributed by atoms with Crippen LogP contribution in [0.3, 0.4) is 0 Å². The molecule has 0 rings (SSSR count). The minimum Gasteiger partial charge on any atom is -0.400 e. The van der Waals surface area contributed by atoms with Gasteiger partial charge in [-0.3, -0.25) is 4.99 Å². The summed E-state index contributed by atoms with van der Waals surface area (Å²) in [6.07, 6.45) is 3.27. The molecule has 0 spiro atoms. The highest BCUT2D eigenvalue weighted by Crippen LogP contribution is 2.15. The van der Waals surface area contributed by atoms with Gasteiger partial charge >= 0.3 is 9.28 Å². The molecule has 0 N–H and O–H groups in total. The minimum absolute atomic E-state index is 0.519. The van der Waals surface area contributed by atoms with E-state index >= 15 is 0 Å². The zero-order valence-electron chi connectivity index (χ0n) is 12.3. The van der Waals surface area contributed by atoms with Crippen LogP contribution in [0.5, 0.6) is 0 Å². The molecule has 0 saturated heterocycles. The van der Waals surface area contributed by atoms with Gasteiger partial charge in [-0.05, 0) is 30.7 Å². The third kappa shape index (κ3) is 7.68. The molecule has 1 atom stereocenters. The van der Waals surface area contributed by atoms with Gasteiger partial charge in [0, 0.05) is 26.5 Å². The van der Waals surface area contributed by atoms with E-state index in [1.807, 2.05) is 0 Å². The van der Waals surface area contributed by atoms with Crippen molar-refractivity contribution in [2.45, 2.75) is 52.5 Å². The van der Waals surface area contributed by atoms with Crippen molar-refractivity contribution in [3.63, 3.8) is 0 Å². The van der Waals surface area contributed by atoms with Crippen LogP contribution in [-0.2, 0) is 8.85 Å². The first-order valence-electron chi connectivity index (χ1n) is 6.62. The lowest BCUT2D eigenvalue weighted by molar-refractivity contribution is 0.265. The number of rotatable bonds is 9. The van der Waals surface area contributed by atoms with Crippen LogP contribution in [0.2, 0.25) is 5.54 Å². The van der Waals surface area contributed by atoms with E-state index < -0.39 is 9.28 Å². The number of hydrogen-bond donors (Lipinski definition) is 0. The number of hydrogen-bond acceptors (Lipinski definition) is 3. The number of nitrogens with zero attached hydrogens (tertiary/aromatic N) is 1. The lowest BCUT2D eigenvalue weighted by Gasteiger charge is -2.18. The first-order chi connectivity index (χ1) is 8.04. The van der Waals surface area contributed by atoms with Gasteiger partial charge in [-0.2, -0.15) is 0 Å². The highest BCUT2D eigenvalue weighted by molar-refractivity contribution is 6.46. The fourth-order valence-corrected chi connectivity index (χ4v) is 3.46.